The van der Waals surface area contributed by atoms with Gasteiger partial charge in [0.15, 0.2) is 0 Å². The maximum Gasteiger partial charge on any atom is 0.107 e. The number of H-pyrrole nitrogens is 1. The molecule has 0 spiro atoms. The molecule has 20 heavy (non-hydrogen) atoms. The van der Waals surface area contributed by atoms with Crippen LogP contribution in [0.1, 0.15) is 25.6 Å². The van der Waals surface area contributed by atoms with Gasteiger partial charge >= 0.3 is 0 Å². The molecule has 0 saturated heterocycles. The third-order valence-electron chi connectivity index (χ3n) is 3.48. The van der Waals surface area contributed by atoms with Gasteiger partial charge in [-0.3, -0.25) is 0 Å². The Kier molecular flexibility index (Phi) is 3.88. The quantitative estimate of drug-likeness (QED) is 0.688. The van der Waals surface area contributed by atoms with Crippen molar-refractivity contribution in [3.63, 3.8) is 0 Å². The van der Waals surface area contributed by atoms with E-state index < -0.39 is 0 Å². The average Bonchev–Trinajstić information content (AvgIpc) is 2.88. The molecule has 1 heterocycles. The number of imidazole rings is 1. The highest BCUT2D eigenvalue weighted by Crippen LogP contribution is 2.34. The van der Waals surface area contributed by atoms with Gasteiger partial charge in [-0.05, 0) is 24.1 Å². The van der Waals surface area contributed by atoms with Gasteiger partial charge < -0.3 is 4.98 Å². The summed E-state index contributed by atoms with van der Waals surface area (Å²) in [6.45, 7) is 2.20. The van der Waals surface area contributed by atoms with Crippen molar-refractivity contribution in [2.24, 2.45) is 0 Å². The summed E-state index contributed by atoms with van der Waals surface area (Å²) < 4.78 is 1.09. The Hall–Kier alpha value is -1.61. The van der Waals surface area contributed by atoms with Crippen molar-refractivity contribution in [3.8, 4) is 11.1 Å². The van der Waals surface area contributed by atoms with Crippen LogP contribution >= 0.6 is 15.9 Å². The normalized spacial score (nSPS) is 11.1. The van der Waals surface area contributed by atoms with Gasteiger partial charge in [-0.2, -0.15) is 0 Å². The highest BCUT2D eigenvalue weighted by Gasteiger charge is 2.12. The number of rotatable bonds is 4. The van der Waals surface area contributed by atoms with E-state index in [0.717, 1.165) is 27.8 Å². The van der Waals surface area contributed by atoms with Gasteiger partial charge in [-0.15, -0.1) is 0 Å². The monoisotopic (exact) mass is 328 g/mol. The van der Waals surface area contributed by atoms with E-state index in [1.54, 1.807) is 0 Å². The Labute approximate surface area is 127 Å². The van der Waals surface area contributed by atoms with Crippen molar-refractivity contribution in [3.05, 3.63) is 52.8 Å². The number of hydrogen-bond acceptors (Lipinski definition) is 1. The van der Waals surface area contributed by atoms with Crippen LogP contribution in [0.5, 0.6) is 0 Å². The summed E-state index contributed by atoms with van der Waals surface area (Å²) in [5, 5.41) is 0. The van der Waals surface area contributed by atoms with E-state index >= 15 is 0 Å². The van der Waals surface area contributed by atoms with Crippen LogP contribution in [-0.4, -0.2) is 9.97 Å². The molecule has 1 N–H and O–H groups in total. The minimum absolute atomic E-state index is 1.01. The van der Waals surface area contributed by atoms with E-state index in [-0.39, 0.29) is 0 Å². The van der Waals surface area contributed by atoms with E-state index in [0.29, 0.717) is 0 Å². The molecule has 1 aromatic heterocycles. The molecule has 3 heteroatoms. The lowest BCUT2D eigenvalue weighted by Gasteiger charge is -2.05. The highest BCUT2D eigenvalue weighted by molar-refractivity contribution is 9.10. The van der Waals surface area contributed by atoms with Gasteiger partial charge in [0.25, 0.3) is 0 Å². The highest BCUT2D eigenvalue weighted by atomic mass is 79.9. The molecular weight excluding hydrogens is 312 g/mol. The first kappa shape index (κ1) is 13.4. The van der Waals surface area contributed by atoms with Gasteiger partial charge in [0.1, 0.15) is 5.82 Å². The second-order valence-corrected chi connectivity index (χ2v) is 5.83. The summed E-state index contributed by atoms with van der Waals surface area (Å²) in [6, 6.07) is 14.6. The molecule has 102 valence electrons. The number of nitrogens with one attached hydrogen (secondary N) is 1. The lowest BCUT2D eigenvalue weighted by atomic mass is 10.0. The first-order valence-electron chi connectivity index (χ1n) is 7.02. The van der Waals surface area contributed by atoms with Crippen LogP contribution in [0.3, 0.4) is 0 Å². The predicted octanol–water partition coefficient (Wildman–Crippen LogP) is 5.34. The molecular formula is C17H17BrN2. The van der Waals surface area contributed by atoms with E-state index in [4.69, 9.17) is 4.98 Å². The van der Waals surface area contributed by atoms with Crippen molar-refractivity contribution in [2.45, 2.75) is 26.2 Å². The van der Waals surface area contributed by atoms with Gasteiger partial charge in [-0.1, -0.05) is 59.6 Å². The van der Waals surface area contributed by atoms with Crippen LogP contribution in [-0.2, 0) is 6.42 Å². The van der Waals surface area contributed by atoms with Crippen molar-refractivity contribution in [1.29, 1.82) is 0 Å². The van der Waals surface area contributed by atoms with E-state index in [9.17, 15) is 0 Å². The first-order valence-corrected chi connectivity index (χ1v) is 7.81. The average molecular weight is 329 g/mol. The van der Waals surface area contributed by atoms with Gasteiger partial charge in [0, 0.05) is 16.5 Å². The Balaban J connectivity index is 2.15. The molecule has 0 bridgehead atoms. The maximum absolute atomic E-state index is 4.80. The summed E-state index contributed by atoms with van der Waals surface area (Å²) in [5.74, 6) is 1.08. The number of aromatic nitrogens is 2. The lowest BCUT2D eigenvalue weighted by Crippen LogP contribution is -1.86. The number of halogens is 1. The topological polar surface area (TPSA) is 28.7 Å². The Morgan fingerprint density at radius 3 is 2.65 bits per heavy atom. The lowest BCUT2D eigenvalue weighted by molar-refractivity contribution is 0.765. The minimum Gasteiger partial charge on any atom is -0.342 e. The van der Waals surface area contributed by atoms with Crippen molar-refractivity contribution < 1.29 is 0 Å². The number of fused-ring (bicyclic) bond motifs is 1. The summed E-state index contributed by atoms with van der Waals surface area (Å²) in [6.07, 6.45) is 3.37. The van der Waals surface area contributed by atoms with Crippen molar-refractivity contribution in [1.82, 2.24) is 9.97 Å². The van der Waals surface area contributed by atoms with Gasteiger partial charge in [-0.25, -0.2) is 4.98 Å². The molecule has 0 saturated carbocycles. The number of benzene rings is 2. The number of aryl methyl sites for hydroxylation is 1. The second-order valence-electron chi connectivity index (χ2n) is 4.97. The van der Waals surface area contributed by atoms with E-state index in [1.165, 1.54) is 24.0 Å². The number of unbranched alkanes of at least 4 members (excludes halogenated alkanes) is 1. The van der Waals surface area contributed by atoms with Crippen LogP contribution in [0.2, 0.25) is 0 Å². The zero-order chi connectivity index (χ0) is 13.9. The Morgan fingerprint density at radius 1 is 1.10 bits per heavy atom. The molecule has 2 nitrogen and oxygen atoms in total. The Bertz CT molecular complexity index is 716. The van der Waals surface area contributed by atoms with Gasteiger partial charge in [0.05, 0.1) is 11.0 Å². The van der Waals surface area contributed by atoms with Gasteiger partial charge in [0.2, 0.25) is 0 Å². The molecule has 0 amide bonds. The molecule has 0 atom stereocenters. The number of aromatic amines is 1. The zero-order valence-corrected chi connectivity index (χ0v) is 13.1. The zero-order valence-electron chi connectivity index (χ0n) is 11.5. The molecule has 2 aromatic carbocycles. The van der Waals surface area contributed by atoms with Crippen LogP contribution in [0.15, 0.2) is 46.9 Å². The Morgan fingerprint density at radius 2 is 1.90 bits per heavy atom. The molecule has 0 aliphatic rings. The third-order valence-corrected chi connectivity index (χ3v) is 4.14. The van der Waals surface area contributed by atoms with Crippen LogP contribution in [0.4, 0.5) is 0 Å². The maximum atomic E-state index is 4.80. The van der Waals surface area contributed by atoms with Crippen molar-refractivity contribution in [2.75, 3.05) is 0 Å². The molecule has 0 aliphatic heterocycles. The second kappa shape index (κ2) is 5.80. The third kappa shape index (κ3) is 2.50. The molecule has 0 radical (unpaired) electrons. The van der Waals surface area contributed by atoms with Crippen LogP contribution < -0.4 is 0 Å². The fourth-order valence-corrected chi connectivity index (χ4v) is 2.99. The fraction of sp³-hybridized carbons (Fsp3) is 0.235. The summed E-state index contributed by atoms with van der Waals surface area (Å²) in [5.41, 5.74) is 4.52. The molecule has 3 rings (SSSR count). The van der Waals surface area contributed by atoms with E-state index in [1.807, 2.05) is 6.07 Å². The van der Waals surface area contributed by atoms with Crippen molar-refractivity contribution >= 4 is 27.0 Å². The summed E-state index contributed by atoms with van der Waals surface area (Å²) >= 11 is 3.66. The fourth-order valence-electron chi connectivity index (χ4n) is 2.44. The SMILES string of the molecule is CCCCc1nc2c(-c3ccccc3)c(Br)ccc2[nH]1. The predicted molar refractivity (Wildman–Crippen MR) is 87.8 cm³/mol. The molecule has 0 aliphatic carbocycles. The minimum atomic E-state index is 1.01. The van der Waals surface area contributed by atoms with Crippen LogP contribution in [0.25, 0.3) is 22.2 Å². The first-order chi connectivity index (χ1) is 9.79. The van der Waals surface area contributed by atoms with Crippen LogP contribution in [0, 0.1) is 0 Å². The summed E-state index contributed by atoms with van der Waals surface area (Å²) in [7, 11) is 0. The molecule has 0 fully saturated rings. The molecule has 0 unspecified atom stereocenters. The molecule has 3 aromatic rings. The smallest absolute Gasteiger partial charge is 0.107 e. The largest absolute Gasteiger partial charge is 0.342 e. The standard InChI is InChI=1S/C17H17BrN2/c1-2-3-9-15-19-14-11-10-13(18)16(17(14)20-15)12-7-5-4-6-8-12/h4-8,10-11H,2-3,9H2,1H3,(H,19,20). The van der Waals surface area contributed by atoms with E-state index in [2.05, 4.69) is 64.2 Å². The number of hydrogen-bond donors (Lipinski definition) is 1. The number of nitrogens with zero attached hydrogens (tertiary/aromatic N) is 1. The summed E-state index contributed by atoms with van der Waals surface area (Å²) in [4.78, 5) is 8.24.